The van der Waals surface area contributed by atoms with Crippen molar-refractivity contribution in [1.29, 1.82) is 0 Å². The third-order valence-electron chi connectivity index (χ3n) is 4.81. The molecular formula is C24H28N2O5. The van der Waals surface area contributed by atoms with Gasteiger partial charge in [-0.3, -0.25) is 14.3 Å². The van der Waals surface area contributed by atoms with Crippen molar-refractivity contribution in [3.8, 4) is 0 Å². The maximum absolute atomic E-state index is 12.2. The Morgan fingerprint density at radius 2 is 1.42 bits per heavy atom. The molecule has 7 nitrogen and oxygen atoms in total. The minimum Gasteiger partial charge on any atom is -0.376 e. The number of H-pyrrole nitrogens is 1. The molecule has 1 N–H and O–H groups in total. The topological polar surface area (TPSA) is 82.6 Å². The van der Waals surface area contributed by atoms with Crippen molar-refractivity contribution in [2.75, 3.05) is 20.3 Å². The van der Waals surface area contributed by atoms with Gasteiger partial charge in [-0.1, -0.05) is 60.7 Å². The Morgan fingerprint density at radius 1 is 0.871 bits per heavy atom. The number of ether oxygens (including phenoxy) is 3. The highest BCUT2D eigenvalue weighted by Gasteiger charge is 2.15. The van der Waals surface area contributed by atoms with Gasteiger partial charge in [0, 0.05) is 24.8 Å². The van der Waals surface area contributed by atoms with Crippen LogP contribution in [0.4, 0.5) is 0 Å². The number of aromatic nitrogens is 2. The van der Waals surface area contributed by atoms with Crippen LogP contribution in [0.15, 0.2) is 76.3 Å². The SMILES string of the molecule is COCn1c(CC(COCc2ccccc2)COCc2ccccc2)cc(=O)[nH]c1=O. The van der Waals surface area contributed by atoms with Crippen LogP contribution < -0.4 is 11.2 Å². The van der Waals surface area contributed by atoms with Gasteiger partial charge >= 0.3 is 5.69 Å². The van der Waals surface area contributed by atoms with Gasteiger partial charge in [0.2, 0.25) is 0 Å². The van der Waals surface area contributed by atoms with E-state index >= 15 is 0 Å². The van der Waals surface area contributed by atoms with Gasteiger partial charge in [0.05, 0.1) is 26.4 Å². The van der Waals surface area contributed by atoms with E-state index in [1.54, 1.807) is 0 Å². The lowest BCUT2D eigenvalue weighted by Gasteiger charge is -2.20. The van der Waals surface area contributed by atoms with E-state index in [0.29, 0.717) is 38.5 Å². The smallest absolute Gasteiger partial charge is 0.330 e. The predicted octanol–water partition coefficient (Wildman–Crippen LogP) is 2.73. The minimum absolute atomic E-state index is 0.0447. The van der Waals surface area contributed by atoms with Crippen LogP contribution in [-0.2, 0) is 40.6 Å². The van der Waals surface area contributed by atoms with Crippen LogP contribution in [-0.4, -0.2) is 29.9 Å². The van der Waals surface area contributed by atoms with E-state index in [1.807, 2.05) is 60.7 Å². The molecule has 3 rings (SSSR count). The second-order valence-corrected chi connectivity index (χ2v) is 7.35. The molecule has 7 heteroatoms. The largest absolute Gasteiger partial charge is 0.376 e. The number of rotatable bonds is 12. The van der Waals surface area contributed by atoms with E-state index in [9.17, 15) is 9.59 Å². The molecule has 0 aliphatic rings. The van der Waals surface area contributed by atoms with Crippen molar-refractivity contribution in [2.24, 2.45) is 5.92 Å². The fraction of sp³-hybridized carbons (Fsp3) is 0.333. The van der Waals surface area contributed by atoms with E-state index in [-0.39, 0.29) is 12.6 Å². The summed E-state index contributed by atoms with van der Waals surface area (Å²) in [7, 11) is 1.50. The molecule has 0 saturated heterocycles. The Hall–Kier alpha value is -3.00. The molecule has 0 atom stereocenters. The lowest BCUT2D eigenvalue weighted by atomic mass is 10.0. The summed E-state index contributed by atoms with van der Waals surface area (Å²) in [5, 5.41) is 0. The van der Waals surface area contributed by atoms with Crippen molar-refractivity contribution in [3.05, 3.63) is 104 Å². The number of nitrogens with zero attached hydrogens (tertiary/aromatic N) is 1. The van der Waals surface area contributed by atoms with Gasteiger partial charge in [0.1, 0.15) is 6.73 Å². The zero-order valence-electron chi connectivity index (χ0n) is 17.7. The molecule has 0 aliphatic heterocycles. The first-order chi connectivity index (χ1) is 15.2. The number of hydrogen-bond acceptors (Lipinski definition) is 5. The summed E-state index contributed by atoms with van der Waals surface area (Å²) in [5.41, 5.74) is 1.84. The summed E-state index contributed by atoms with van der Waals surface area (Å²) in [6.07, 6.45) is 0.450. The van der Waals surface area contributed by atoms with E-state index in [0.717, 1.165) is 11.1 Å². The molecule has 0 amide bonds. The van der Waals surface area contributed by atoms with Crippen LogP contribution in [0.3, 0.4) is 0 Å². The number of hydrogen-bond donors (Lipinski definition) is 1. The Morgan fingerprint density at radius 3 is 1.94 bits per heavy atom. The summed E-state index contributed by atoms with van der Waals surface area (Å²) >= 11 is 0. The van der Waals surface area contributed by atoms with Gasteiger partial charge < -0.3 is 14.2 Å². The molecule has 0 bridgehead atoms. The van der Waals surface area contributed by atoms with Gasteiger partial charge in [0.15, 0.2) is 0 Å². The summed E-state index contributed by atoms with van der Waals surface area (Å²) in [5.74, 6) is -0.0447. The zero-order valence-corrected chi connectivity index (χ0v) is 17.7. The molecule has 31 heavy (non-hydrogen) atoms. The Balaban J connectivity index is 1.68. The van der Waals surface area contributed by atoms with E-state index in [1.165, 1.54) is 17.7 Å². The van der Waals surface area contributed by atoms with Crippen LogP contribution in [0.25, 0.3) is 0 Å². The number of benzene rings is 2. The molecule has 2 aromatic carbocycles. The van der Waals surface area contributed by atoms with E-state index in [4.69, 9.17) is 14.2 Å². The van der Waals surface area contributed by atoms with Gasteiger partial charge in [-0.25, -0.2) is 4.79 Å². The highest BCUT2D eigenvalue weighted by atomic mass is 16.5. The molecule has 0 spiro atoms. The molecule has 3 aromatic rings. The number of nitrogens with one attached hydrogen (secondary N) is 1. The standard InChI is InChI=1S/C24H28N2O5/c1-29-18-26-22(13-23(27)25-24(26)28)12-21(16-30-14-19-8-4-2-5-9-19)17-31-15-20-10-6-3-7-11-20/h2-11,13,21H,12,14-18H2,1H3,(H,25,27,28). The summed E-state index contributed by atoms with van der Waals surface area (Å²) in [6, 6.07) is 21.3. The first kappa shape index (κ1) is 22.7. The molecule has 1 aromatic heterocycles. The van der Waals surface area contributed by atoms with Gasteiger partial charge in [-0.2, -0.15) is 0 Å². The second kappa shape index (κ2) is 12.0. The molecule has 0 unspecified atom stereocenters. The molecule has 164 valence electrons. The third-order valence-corrected chi connectivity index (χ3v) is 4.81. The number of methoxy groups -OCH3 is 1. The monoisotopic (exact) mass is 424 g/mol. The molecule has 0 aliphatic carbocycles. The summed E-state index contributed by atoms with van der Waals surface area (Å²) in [6.45, 7) is 1.88. The normalized spacial score (nSPS) is 11.2. The average molecular weight is 424 g/mol. The van der Waals surface area contributed by atoms with E-state index in [2.05, 4.69) is 4.98 Å². The third kappa shape index (κ3) is 7.32. The maximum Gasteiger partial charge on any atom is 0.330 e. The van der Waals surface area contributed by atoms with Crippen molar-refractivity contribution >= 4 is 0 Å². The average Bonchev–Trinajstić information content (AvgIpc) is 2.77. The van der Waals surface area contributed by atoms with Gasteiger partial charge in [-0.05, 0) is 17.5 Å². The van der Waals surface area contributed by atoms with Crippen LogP contribution in [0, 0.1) is 5.92 Å². The Labute approximate surface area is 181 Å². The quantitative estimate of drug-likeness (QED) is 0.483. The first-order valence-electron chi connectivity index (χ1n) is 10.2. The van der Waals surface area contributed by atoms with Crippen LogP contribution >= 0.6 is 0 Å². The first-order valence-corrected chi connectivity index (χ1v) is 10.2. The van der Waals surface area contributed by atoms with E-state index < -0.39 is 11.2 Å². The molecule has 0 saturated carbocycles. The maximum atomic E-state index is 12.2. The Bertz CT molecular complexity index is 986. The van der Waals surface area contributed by atoms with Gasteiger partial charge in [-0.15, -0.1) is 0 Å². The molecular weight excluding hydrogens is 396 g/mol. The minimum atomic E-state index is -0.487. The van der Waals surface area contributed by atoms with Crippen LogP contribution in [0.5, 0.6) is 0 Å². The van der Waals surface area contributed by atoms with Crippen molar-refractivity contribution < 1.29 is 14.2 Å². The Kier molecular flexibility index (Phi) is 8.78. The fourth-order valence-electron chi connectivity index (χ4n) is 3.31. The van der Waals surface area contributed by atoms with Gasteiger partial charge in [0.25, 0.3) is 5.56 Å². The fourth-order valence-corrected chi connectivity index (χ4v) is 3.31. The summed E-state index contributed by atoms with van der Waals surface area (Å²) in [4.78, 5) is 26.3. The lowest BCUT2D eigenvalue weighted by Crippen LogP contribution is -2.34. The van der Waals surface area contributed by atoms with Crippen LogP contribution in [0.1, 0.15) is 16.8 Å². The molecule has 1 heterocycles. The van der Waals surface area contributed by atoms with Crippen molar-refractivity contribution in [3.63, 3.8) is 0 Å². The van der Waals surface area contributed by atoms with Crippen molar-refractivity contribution in [2.45, 2.75) is 26.4 Å². The number of aromatic amines is 1. The molecule has 0 radical (unpaired) electrons. The lowest BCUT2D eigenvalue weighted by molar-refractivity contribution is 0.0256. The zero-order chi connectivity index (χ0) is 21.9. The highest BCUT2D eigenvalue weighted by molar-refractivity contribution is 5.14. The second-order valence-electron chi connectivity index (χ2n) is 7.35. The van der Waals surface area contributed by atoms with Crippen LogP contribution in [0.2, 0.25) is 0 Å². The van der Waals surface area contributed by atoms with Crippen molar-refractivity contribution in [1.82, 2.24) is 9.55 Å². The predicted molar refractivity (Wildman–Crippen MR) is 118 cm³/mol. The molecule has 0 fully saturated rings. The summed E-state index contributed by atoms with van der Waals surface area (Å²) < 4.78 is 18.4. The highest BCUT2D eigenvalue weighted by Crippen LogP contribution is 2.12.